The van der Waals surface area contributed by atoms with Crippen LogP contribution in [0.5, 0.6) is 0 Å². The number of thiophene rings is 1. The van der Waals surface area contributed by atoms with Gasteiger partial charge < -0.3 is 9.64 Å². The Kier molecular flexibility index (Phi) is 5.36. The molecule has 1 saturated heterocycles. The zero-order valence-electron chi connectivity index (χ0n) is 11.6. The minimum Gasteiger partial charge on any atom is -0.380 e. The first-order chi connectivity index (χ1) is 9.27. The Morgan fingerprint density at radius 3 is 2.95 bits per heavy atom. The molecule has 0 aromatic carbocycles. The highest BCUT2D eigenvalue weighted by molar-refractivity contribution is 7.10. The summed E-state index contributed by atoms with van der Waals surface area (Å²) in [6.07, 6.45) is 1.93. The summed E-state index contributed by atoms with van der Waals surface area (Å²) >= 11 is 1.69. The van der Waals surface area contributed by atoms with Gasteiger partial charge in [-0.3, -0.25) is 10.1 Å². The van der Waals surface area contributed by atoms with Gasteiger partial charge in [0.2, 0.25) is 5.91 Å². The number of carbonyl (C=O) groups is 1. The molecular weight excluding hydrogens is 260 g/mol. The van der Waals surface area contributed by atoms with E-state index in [0.29, 0.717) is 19.8 Å². The van der Waals surface area contributed by atoms with Gasteiger partial charge in [-0.25, -0.2) is 0 Å². The van der Waals surface area contributed by atoms with Crippen LogP contribution < -0.4 is 5.32 Å². The van der Waals surface area contributed by atoms with Gasteiger partial charge in [0.1, 0.15) is 6.17 Å². The van der Waals surface area contributed by atoms with Gasteiger partial charge in [-0.15, -0.1) is 11.3 Å². The van der Waals surface area contributed by atoms with Crippen LogP contribution >= 0.6 is 11.3 Å². The van der Waals surface area contributed by atoms with Gasteiger partial charge >= 0.3 is 0 Å². The molecule has 2 rings (SSSR count). The average Bonchev–Trinajstić information content (AvgIpc) is 3.02. The number of nitrogens with one attached hydrogen (secondary N) is 1. The number of ether oxygens (including phenoxy) is 1. The minimum absolute atomic E-state index is 0.0181. The fourth-order valence-corrected chi connectivity index (χ4v) is 3.20. The Balaban J connectivity index is 2.07. The van der Waals surface area contributed by atoms with Crippen molar-refractivity contribution in [2.24, 2.45) is 0 Å². The lowest BCUT2D eigenvalue weighted by atomic mass is 10.2. The quantitative estimate of drug-likeness (QED) is 0.781. The van der Waals surface area contributed by atoms with Crippen LogP contribution in [0, 0.1) is 0 Å². The fourth-order valence-electron chi connectivity index (χ4n) is 2.40. The van der Waals surface area contributed by atoms with Crippen LogP contribution in [0.1, 0.15) is 37.7 Å². The predicted molar refractivity (Wildman–Crippen MR) is 77.1 cm³/mol. The normalized spacial score (nSPS) is 23.3. The number of carbonyl (C=O) groups excluding carboxylic acids is 1. The summed E-state index contributed by atoms with van der Waals surface area (Å²) in [5, 5.41) is 5.50. The van der Waals surface area contributed by atoms with E-state index in [1.807, 2.05) is 17.9 Å². The smallest absolute Gasteiger partial charge is 0.241 e. The molecule has 0 spiro atoms. The van der Waals surface area contributed by atoms with E-state index in [1.54, 1.807) is 11.3 Å². The van der Waals surface area contributed by atoms with Crippen molar-refractivity contribution < 1.29 is 9.53 Å². The first-order valence-electron chi connectivity index (χ1n) is 6.95. The maximum atomic E-state index is 12.4. The minimum atomic E-state index is -0.0428. The van der Waals surface area contributed by atoms with Crippen molar-refractivity contribution in [2.45, 2.75) is 38.9 Å². The lowest BCUT2D eigenvalue weighted by Gasteiger charge is -2.23. The number of rotatable bonds is 7. The van der Waals surface area contributed by atoms with Gasteiger partial charge in [-0.2, -0.15) is 0 Å². The van der Waals surface area contributed by atoms with Crippen LogP contribution in [-0.4, -0.2) is 36.6 Å². The SMILES string of the molecule is CCCC1NC(c2cccs2)N(CCOCC)C1=O. The van der Waals surface area contributed by atoms with Gasteiger partial charge in [0.05, 0.1) is 12.6 Å². The number of hydrogen-bond acceptors (Lipinski definition) is 4. The molecule has 0 aliphatic carbocycles. The molecule has 106 valence electrons. The standard InChI is InChI=1S/C14H22N2O2S/c1-3-6-11-14(17)16(8-9-18-4-2)13(15-11)12-7-5-10-19-12/h5,7,10-11,13,15H,3-4,6,8-9H2,1-2H3. The molecule has 2 heterocycles. The molecule has 4 nitrogen and oxygen atoms in total. The van der Waals surface area contributed by atoms with E-state index in [9.17, 15) is 4.79 Å². The van der Waals surface area contributed by atoms with E-state index in [-0.39, 0.29) is 18.1 Å². The molecule has 1 N–H and O–H groups in total. The van der Waals surface area contributed by atoms with Gasteiger partial charge in [0.15, 0.2) is 0 Å². The van der Waals surface area contributed by atoms with Crippen molar-refractivity contribution in [1.82, 2.24) is 10.2 Å². The van der Waals surface area contributed by atoms with Crippen molar-refractivity contribution in [3.05, 3.63) is 22.4 Å². The molecule has 2 unspecified atom stereocenters. The second-order valence-corrected chi connectivity index (χ2v) is 5.63. The Labute approximate surface area is 118 Å². The molecule has 1 fully saturated rings. The van der Waals surface area contributed by atoms with Crippen LogP contribution in [-0.2, 0) is 9.53 Å². The largest absolute Gasteiger partial charge is 0.380 e. The van der Waals surface area contributed by atoms with E-state index in [0.717, 1.165) is 12.8 Å². The average molecular weight is 282 g/mol. The molecule has 19 heavy (non-hydrogen) atoms. The van der Waals surface area contributed by atoms with Crippen LogP contribution in [0.4, 0.5) is 0 Å². The monoisotopic (exact) mass is 282 g/mol. The van der Waals surface area contributed by atoms with Gasteiger partial charge in [0.25, 0.3) is 0 Å². The first kappa shape index (κ1) is 14.5. The Bertz CT molecular complexity index is 394. The van der Waals surface area contributed by atoms with Crippen molar-refractivity contribution in [2.75, 3.05) is 19.8 Å². The molecule has 0 radical (unpaired) electrons. The molecule has 1 aromatic heterocycles. The maximum Gasteiger partial charge on any atom is 0.241 e. The number of hydrogen-bond donors (Lipinski definition) is 1. The van der Waals surface area contributed by atoms with E-state index >= 15 is 0 Å². The van der Waals surface area contributed by atoms with E-state index in [4.69, 9.17) is 4.74 Å². The third-order valence-electron chi connectivity index (χ3n) is 3.32. The Morgan fingerprint density at radius 2 is 2.32 bits per heavy atom. The number of nitrogens with zero attached hydrogens (tertiary/aromatic N) is 1. The third kappa shape index (κ3) is 3.35. The summed E-state index contributed by atoms with van der Waals surface area (Å²) in [5.74, 6) is 0.208. The van der Waals surface area contributed by atoms with Crippen LogP contribution in [0.25, 0.3) is 0 Å². The molecule has 5 heteroatoms. The second-order valence-electron chi connectivity index (χ2n) is 4.65. The van der Waals surface area contributed by atoms with E-state index in [1.165, 1.54) is 4.88 Å². The molecular formula is C14H22N2O2S. The molecule has 1 amide bonds. The molecule has 1 aliphatic rings. The van der Waals surface area contributed by atoms with Crippen LogP contribution in [0.15, 0.2) is 17.5 Å². The Hall–Kier alpha value is -0.910. The predicted octanol–water partition coefficient (Wildman–Crippen LogP) is 2.38. The van der Waals surface area contributed by atoms with Gasteiger partial charge in [-0.05, 0) is 24.8 Å². The molecule has 1 aromatic rings. The highest BCUT2D eigenvalue weighted by atomic mass is 32.1. The van der Waals surface area contributed by atoms with Gasteiger partial charge in [0, 0.05) is 18.0 Å². The van der Waals surface area contributed by atoms with Crippen molar-refractivity contribution in [1.29, 1.82) is 0 Å². The fraction of sp³-hybridized carbons (Fsp3) is 0.643. The van der Waals surface area contributed by atoms with Crippen molar-refractivity contribution in [3.63, 3.8) is 0 Å². The highest BCUT2D eigenvalue weighted by Crippen LogP contribution is 2.29. The second kappa shape index (κ2) is 7.03. The summed E-state index contributed by atoms with van der Waals surface area (Å²) in [6, 6.07) is 4.07. The van der Waals surface area contributed by atoms with E-state index in [2.05, 4.69) is 23.7 Å². The Morgan fingerprint density at radius 1 is 1.47 bits per heavy atom. The van der Waals surface area contributed by atoms with Gasteiger partial charge in [-0.1, -0.05) is 19.4 Å². The summed E-state index contributed by atoms with van der Waals surface area (Å²) in [4.78, 5) is 15.5. The first-order valence-corrected chi connectivity index (χ1v) is 7.83. The summed E-state index contributed by atoms with van der Waals surface area (Å²) in [6.45, 7) is 6.03. The third-order valence-corrected chi connectivity index (χ3v) is 4.25. The lowest BCUT2D eigenvalue weighted by Crippen LogP contribution is -2.33. The molecule has 0 saturated carbocycles. The zero-order valence-corrected chi connectivity index (χ0v) is 12.4. The molecule has 1 aliphatic heterocycles. The number of amides is 1. The maximum absolute atomic E-state index is 12.4. The lowest BCUT2D eigenvalue weighted by molar-refractivity contribution is -0.130. The van der Waals surface area contributed by atoms with Crippen molar-refractivity contribution in [3.8, 4) is 0 Å². The summed E-state index contributed by atoms with van der Waals surface area (Å²) < 4.78 is 5.39. The van der Waals surface area contributed by atoms with Crippen molar-refractivity contribution >= 4 is 17.2 Å². The topological polar surface area (TPSA) is 41.6 Å². The molecule has 2 atom stereocenters. The summed E-state index contributed by atoms with van der Waals surface area (Å²) in [5.41, 5.74) is 0. The van der Waals surface area contributed by atoms with Crippen LogP contribution in [0.2, 0.25) is 0 Å². The van der Waals surface area contributed by atoms with Crippen LogP contribution in [0.3, 0.4) is 0 Å². The van der Waals surface area contributed by atoms with E-state index < -0.39 is 0 Å². The summed E-state index contributed by atoms with van der Waals surface area (Å²) in [7, 11) is 0. The molecule has 0 bridgehead atoms. The highest BCUT2D eigenvalue weighted by Gasteiger charge is 2.38. The zero-order chi connectivity index (χ0) is 13.7.